The van der Waals surface area contributed by atoms with Gasteiger partial charge in [-0.3, -0.25) is 14.4 Å². The van der Waals surface area contributed by atoms with Gasteiger partial charge in [0.05, 0.1) is 40.2 Å². The minimum absolute atomic E-state index is 0.127. The van der Waals surface area contributed by atoms with Gasteiger partial charge in [-0.15, -0.1) is 0 Å². The lowest BCUT2D eigenvalue weighted by Crippen LogP contribution is -2.43. The lowest BCUT2D eigenvalue weighted by atomic mass is 9.95. The molecule has 0 aliphatic heterocycles. The number of carbonyl (C=O) groups is 2. The minimum atomic E-state index is -0.680. The average Bonchev–Trinajstić information content (AvgIpc) is 3.25. The number of hydrogen-bond acceptors (Lipinski definition) is 8. The summed E-state index contributed by atoms with van der Waals surface area (Å²) in [6, 6.07) is 13.3. The number of benzene rings is 2. The Labute approximate surface area is 258 Å². The van der Waals surface area contributed by atoms with E-state index in [1.807, 2.05) is 50.2 Å². The predicted octanol–water partition coefficient (Wildman–Crippen LogP) is 4.62. The summed E-state index contributed by atoms with van der Waals surface area (Å²) >= 11 is 0. The molecule has 0 bridgehead atoms. The number of carbonyl (C=O) groups excluding carboxylic acids is 2. The van der Waals surface area contributed by atoms with E-state index in [1.165, 1.54) is 13.0 Å². The highest BCUT2D eigenvalue weighted by atomic mass is 16.5. The summed E-state index contributed by atoms with van der Waals surface area (Å²) in [5.41, 5.74) is 3.92. The maximum atomic E-state index is 13.8. The molecule has 10 heteroatoms. The number of aryl methyl sites for hydroxylation is 1. The number of nitrogens with one attached hydrogen (secondary N) is 3. The Kier molecular flexibility index (Phi) is 10.4. The summed E-state index contributed by atoms with van der Waals surface area (Å²) in [5.74, 6) is 1.59. The molecule has 44 heavy (non-hydrogen) atoms. The van der Waals surface area contributed by atoms with E-state index in [0.717, 1.165) is 22.4 Å². The molecular weight excluding hydrogens is 562 g/mol. The van der Waals surface area contributed by atoms with E-state index < -0.39 is 12.1 Å². The van der Waals surface area contributed by atoms with Crippen LogP contribution in [0.3, 0.4) is 0 Å². The van der Waals surface area contributed by atoms with Crippen LogP contribution < -0.4 is 40.3 Å². The standard InChI is InChI=1S/C34H41N3O7/c1-19(2)31(34(40)35-18-21-8-11-23(41-4)12-9-21)37-27-15-13-24-25(17-28(27)39)26(36-20(3)38)14-10-22-16-29(42-5)32(43-6)33(44-7)30(22)24/h8-9,11-13,15-17,19,26,31H,10,14,18H2,1-7H3,(H,35,40)(H,36,38)(H,37,39)/t26-,31+/m0/s1. The van der Waals surface area contributed by atoms with E-state index in [2.05, 4.69) is 16.0 Å². The number of rotatable bonds is 11. The third-order valence-corrected chi connectivity index (χ3v) is 7.80. The number of amides is 2. The van der Waals surface area contributed by atoms with Crippen molar-refractivity contribution in [1.82, 2.24) is 10.6 Å². The van der Waals surface area contributed by atoms with Crippen LogP contribution in [0.2, 0.25) is 0 Å². The molecule has 1 aliphatic rings. The van der Waals surface area contributed by atoms with Gasteiger partial charge in [-0.25, -0.2) is 0 Å². The maximum Gasteiger partial charge on any atom is 0.243 e. The van der Waals surface area contributed by atoms with E-state index >= 15 is 0 Å². The van der Waals surface area contributed by atoms with Crippen molar-refractivity contribution >= 4 is 17.5 Å². The maximum absolute atomic E-state index is 13.8. The molecular formula is C34H41N3O7. The van der Waals surface area contributed by atoms with Crippen LogP contribution >= 0.6 is 0 Å². The Morgan fingerprint density at radius 2 is 1.61 bits per heavy atom. The first-order valence-corrected chi connectivity index (χ1v) is 14.6. The smallest absolute Gasteiger partial charge is 0.243 e. The summed E-state index contributed by atoms with van der Waals surface area (Å²) in [6.45, 7) is 5.62. The molecule has 2 atom stereocenters. The van der Waals surface area contributed by atoms with E-state index in [9.17, 15) is 14.4 Å². The van der Waals surface area contributed by atoms with Gasteiger partial charge in [-0.2, -0.15) is 0 Å². The summed E-state index contributed by atoms with van der Waals surface area (Å²) < 4.78 is 22.3. The van der Waals surface area contributed by atoms with Crippen molar-refractivity contribution in [2.45, 2.75) is 52.2 Å². The molecule has 10 nitrogen and oxygen atoms in total. The zero-order valence-corrected chi connectivity index (χ0v) is 26.3. The quantitative estimate of drug-likeness (QED) is 0.290. The highest BCUT2D eigenvalue weighted by Crippen LogP contribution is 2.50. The highest BCUT2D eigenvalue weighted by molar-refractivity contribution is 5.86. The molecule has 4 rings (SSSR count). The second kappa shape index (κ2) is 14.2. The molecule has 0 aromatic heterocycles. The lowest BCUT2D eigenvalue weighted by Gasteiger charge is -2.22. The van der Waals surface area contributed by atoms with Gasteiger partial charge < -0.3 is 34.9 Å². The first kappa shape index (κ1) is 32.2. The molecule has 3 aromatic rings. The second-order valence-corrected chi connectivity index (χ2v) is 11.0. The predicted molar refractivity (Wildman–Crippen MR) is 170 cm³/mol. The number of ether oxygens (including phenoxy) is 4. The van der Waals surface area contributed by atoms with Crippen molar-refractivity contribution in [3.8, 4) is 34.1 Å². The van der Waals surface area contributed by atoms with Crippen LogP contribution in [-0.4, -0.2) is 46.3 Å². The summed E-state index contributed by atoms with van der Waals surface area (Å²) in [6.07, 6.45) is 1.14. The Bertz CT molecular complexity index is 1570. The van der Waals surface area contributed by atoms with Crippen molar-refractivity contribution in [2.24, 2.45) is 5.92 Å². The van der Waals surface area contributed by atoms with Crippen molar-refractivity contribution in [2.75, 3.05) is 33.8 Å². The number of fused-ring (bicyclic) bond motifs is 3. The van der Waals surface area contributed by atoms with E-state index in [1.54, 1.807) is 34.5 Å². The van der Waals surface area contributed by atoms with Crippen LogP contribution in [0.4, 0.5) is 5.69 Å². The average molecular weight is 604 g/mol. The van der Waals surface area contributed by atoms with E-state index in [0.29, 0.717) is 47.8 Å². The SMILES string of the molecule is COc1ccc(CNC(=O)[C@H](Nc2ccc3c(cc2=O)[C@@H](NC(C)=O)CCc2cc(OC)c(OC)c(OC)c2-3)C(C)C)cc1. The largest absolute Gasteiger partial charge is 0.497 e. The number of hydrogen-bond donors (Lipinski definition) is 3. The van der Waals surface area contributed by atoms with Gasteiger partial charge >= 0.3 is 0 Å². The Morgan fingerprint density at radius 3 is 2.20 bits per heavy atom. The normalized spacial score (nSPS) is 14.3. The first-order valence-electron chi connectivity index (χ1n) is 14.6. The molecule has 2 amide bonds. The second-order valence-electron chi connectivity index (χ2n) is 11.0. The first-order chi connectivity index (χ1) is 21.1. The molecule has 3 aromatic carbocycles. The Morgan fingerprint density at radius 1 is 0.909 bits per heavy atom. The van der Waals surface area contributed by atoms with Crippen LogP contribution in [0.1, 0.15) is 49.9 Å². The molecule has 234 valence electrons. The Hall–Kier alpha value is -4.73. The van der Waals surface area contributed by atoms with Crippen molar-refractivity contribution in [1.29, 1.82) is 0 Å². The number of methoxy groups -OCH3 is 4. The Balaban J connectivity index is 1.76. The van der Waals surface area contributed by atoms with Crippen LogP contribution in [-0.2, 0) is 22.6 Å². The molecule has 0 saturated heterocycles. The van der Waals surface area contributed by atoms with Crippen molar-refractivity contribution in [3.05, 3.63) is 75.4 Å². The number of anilines is 1. The van der Waals surface area contributed by atoms with E-state index in [-0.39, 0.29) is 28.8 Å². The third kappa shape index (κ3) is 6.90. The molecule has 0 radical (unpaired) electrons. The van der Waals surface area contributed by atoms with Crippen LogP contribution in [0.15, 0.2) is 53.3 Å². The molecule has 0 heterocycles. The van der Waals surface area contributed by atoms with Crippen molar-refractivity contribution in [3.63, 3.8) is 0 Å². The molecule has 0 unspecified atom stereocenters. The van der Waals surface area contributed by atoms with Gasteiger partial charge in [0.2, 0.25) is 23.0 Å². The fourth-order valence-corrected chi connectivity index (χ4v) is 5.57. The topological polar surface area (TPSA) is 124 Å². The molecule has 0 saturated carbocycles. The van der Waals surface area contributed by atoms with E-state index in [4.69, 9.17) is 18.9 Å². The van der Waals surface area contributed by atoms with Crippen molar-refractivity contribution < 1.29 is 28.5 Å². The monoisotopic (exact) mass is 603 g/mol. The van der Waals surface area contributed by atoms with Gasteiger partial charge in [0.25, 0.3) is 0 Å². The van der Waals surface area contributed by atoms with Crippen LogP contribution in [0.5, 0.6) is 23.0 Å². The van der Waals surface area contributed by atoms with Gasteiger partial charge in [0.15, 0.2) is 11.5 Å². The summed E-state index contributed by atoms with van der Waals surface area (Å²) in [5, 5.41) is 9.19. The molecule has 1 aliphatic carbocycles. The molecule has 0 fully saturated rings. The van der Waals surface area contributed by atoms with Gasteiger partial charge in [0, 0.05) is 19.0 Å². The van der Waals surface area contributed by atoms with Gasteiger partial charge in [0.1, 0.15) is 11.8 Å². The zero-order chi connectivity index (χ0) is 32.0. The fourth-order valence-electron chi connectivity index (χ4n) is 5.57. The van der Waals surface area contributed by atoms with Gasteiger partial charge in [-0.05, 0) is 71.3 Å². The summed E-state index contributed by atoms with van der Waals surface area (Å²) in [4.78, 5) is 39.3. The zero-order valence-electron chi connectivity index (χ0n) is 26.3. The highest BCUT2D eigenvalue weighted by Gasteiger charge is 2.30. The summed E-state index contributed by atoms with van der Waals surface area (Å²) in [7, 11) is 6.26. The molecule has 0 spiro atoms. The third-order valence-electron chi connectivity index (χ3n) is 7.80. The minimum Gasteiger partial charge on any atom is -0.497 e. The van der Waals surface area contributed by atoms with Crippen LogP contribution in [0, 0.1) is 5.92 Å². The fraction of sp³-hybridized carbons (Fsp3) is 0.382. The lowest BCUT2D eigenvalue weighted by molar-refractivity contribution is -0.123. The van der Waals surface area contributed by atoms with Crippen LogP contribution in [0.25, 0.3) is 11.1 Å². The molecule has 3 N–H and O–H groups in total. The van der Waals surface area contributed by atoms with Gasteiger partial charge in [-0.1, -0.05) is 32.0 Å².